The van der Waals surface area contributed by atoms with E-state index in [9.17, 15) is 37.5 Å². The highest BCUT2D eigenvalue weighted by Crippen LogP contribution is 2.42. The molecule has 1 aromatic heterocycles. The van der Waals surface area contributed by atoms with E-state index in [0.717, 1.165) is 12.8 Å². The molecule has 3 aliphatic rings. The maximum atomic E-state index is 14.1. The summed E-state index contributed by atoms with van der Waals surface area (Å²) in [6, 6.07) is -3.45. The number of amides is 5. The number of nitrogens with zero attached hydrogens (tertiary/aromatic N) is 3. The number of fused-ring (bicyclic) bond motifs is 1. The molecule has 1 aromatic rings. The van der Waals surface area contributed by atoms with E-state index < -0.39 is 71.5 Å². The van der Waals surface area contributed by atoms with Crippen LogP contribution in [-0.2, 0) is 24.0 Å². The lowest BCUT2D eigenvalue weighted by Crippen LogP contribution is -2.59. The Bertz CT molecular complexity index is 1370. The number of ketones is 1. The molecule has 4 N–H and O–H groups in total. The topological polar surface area (TPSA) is 180 Å². The molecule has 15 heteroatoms. The molecule has 2 saturated carbocycles. The van der Waals surface area contributed by atoms with Gasteiger partial charge in [0.25, 0.3) is 24.0 Å². The Morgan fingerprint density at radius 2 is 1.63 bits per heavy atom. The van der Waals surface area contributed by atoms with E-state index in [-0.39, 0.29) is 42.1 Å². The number of halogens is 2. The van der Waals surface area contributed by atoms with E-state index in [1.807, 2.05) is 0 Å². The van der Waals surface area contributed by atoms with Gasteiger partial charge in [-0.2, -0.15) is 0 Å². The van der Waals surface area contributed by atoms with Gasteiger partial charge in [-0.1, -0.05) is 34.1 Å². The normalized spacial score (nSPS) is 22.3. The third kappa shape index (κ3) is 8.29. The fourth-order valence-corrected chi connectivity index (χ4v) is 6.08. The zero-order valence-electron chi connectivity index (χ0n) is 26.3. The average molecular weight is 646 g/mol. The lowest BCUT2D eigenvalue weighted by Gasteiger charge is -2.33. The van der Waals surface area contributed by atoms with Crippen molar-refractivity contribution >= 4 is 35.3 Å². The molecule has 13 nitrogen and oxygen atoms in total. The first kappa shape index (κ1) is 34.6. The van der Waals surface area contributed by atoms with Crippen LogP contribution in [0.15, 0.2) is 30.4 Å². The lowest BCUT2D eigenvalue weighted by molar-refractivity contribution is -0.143. The Balaban J connectivity index is 1.53. The van der Waals surface area contributed by atoms with Gasteiger partial charge in [-0.25, -0.2) is 13.8 Å². The van der Waals surface area contributed by atoms with Gasteiger partial charge in [-0.3, -0.25) is 33.8 Å². The second kappa shape index (κ2) is 14.9. The highest BCUT2D eigenvalue weighted by molar-refractivity contribution is 6.43. The third-order valence-electron chi connectivity index (χ3n) is 8.62. The third-order valence-corrected chi connectivity index (χ3v) is 8.62. The van der Waals surface area contributed by atoms with Crippen LogP contribution < -0.4 is 21.3 Å². The van der Waals surface area contributed by atoms with E-state index in [1.165, 1.54) is 23.5 Å². The van der Waals surface area contributed by atoms with Gasteiger partial charge in [-0.15, -0.1) is 0 Å². The fourth-order valence-electron chi connectivity index (χ4n) is 6.08. The van der Waals surface area contributed by atoms with Gasteiger partial charge >= 0.3 is 0 Å². The molecule has 250 valence electrons. The zero-order valence-corrected chi connectivity index (χ0v) is 26.3. The Labute approximate surface area is 265 Å². The maximum absolute atomic E-state index is 14.1. The quantitative estimate of drug-likeness (QED) is 0.182. The van der Waals surface area contributed by atoms with Crippen LogP contribution in [-0.4, -0.2) is 87.3 Å². The molecule has 2 heterocycles. The van der Waals surface area contributed by atoms with Crippen molar-refractivity contribution in [2.45, 2.75) is 90.4 Å². The molecule has 1 saturated heterocycles. The lowest BCUT2D eigenvalue weighted by atomic mass is 9.93. The van der Waals surface area contributed by atoms with Crippen molar-refractivity contribution in [3.63, 3.8) is 0 Å². The molecule has 0 spiro atoms. The number of alkyl halides is 2. The summed E-state index contributed by atoms with van der Waals surface area (Å²) in [6.07, 6.45) is 4.57. The van der Waals surface area contributed by atoms with Gasteiger partial charge in [0, 0.05) is 31.1 Å². The van der Waals surface area contributed by atoms with E-state index in [0.29, 0.717) is 19.3 Å². The molecule has 5 atom stereocenters. The molecule has 0 radical (unpaired) electrons. The van der Waals surface area contributed by atoms with E-state index in [2.05, 4.69) is 31.2 Å². The number of allylic oxidation sites excluding steroid dienone is 1. The van der Waals surface area contributed by atoms with Crippen LogP contribution in [0.4, 0.5) is 8.78 Å². The van der Waals surface area contributed by atoms with Crippen molar-refractivity contribution < 1.29 is 37.5 Å². The van der Waals surface area contributed by atoms with Crippen LogP contribution in [0, 0.1) is 23.7 Å². The van der Waals surface area contributed by atoms with Crippen molar-refractivity contribution in [3.8, 4) is 0 Å². The predicted molar refractivity (Wildman–Crippen MR) is 160 cm³/mol. The van der Waals surface area contributed by atoms with Crippen LogP contribution in [0.25, 0.3) is 0 Å². The van der Waals surface area contributed by atoms with Gasteiger partial charge in [-0.05, 0) is 49.4 Å². The minimum absolute atomic E-state index is 0.0126. The summed E-state index contributed by atoms with van der Waals surface area (Å²) in [6.45, 7) is 7.09. The summed E-state index contributed by atoms with van der Waals surface area (Å²) in [5.41, 5.74) is -0.835. The molecule has 2 unspecified atom stereocenters. The number of nitrogens with one attached hydrogen (secondary N) is 4. The van der Waals surface area contributed by atoms with Gasteiger partial charge in [0.15, 0.2) is 0 Å². The molecule has 5 amide bonds. The highest BCUT2D eigenvalue weighted by atomic mass is 19.3. The molecule has 0 bridgehead atoms. The molecule has 46 heavy (non-hydrogen) atoms. The first-order valence-electron chi connectivity index (χ1n) is 15.6. The molecule has 1 aliphatic heterocycles. The number of likely N-dealkylation sites (tertiary alicyclic amines) is 1. The number of Topliss-reactive ketones (excluding diaryl/α,β-unsaturated/α-hetero) is 1. The molecule has 4 rings (SSSR count). The van der Waals surface area contributed by atoms with Crippen LogP contribution in [0.2, 0.25) is 0 Å². The molecule has 2 aliphatic carbocycles. The predicted octanol–water partition coefficient (Wildman–Crippen LogP) is 1.11. The van der Waals surface area contributed by atoms with Crippen molar-refractivity contribution in [2.75, 3.05) is 6.54 Å². The second-order valence-corrected chi connectivity index (χ2v) is 12.8. The number of rotatable bonds is 13. The van der Waals surface area contributed by atoms with Gasteiger partial charge in [0.05, 0.1) is 11.9 Å². The largest absolute Gasteiger partial charge is 0.346 e. The van der Waals surface area contributed by atoms with Crippen molar-refractivity contribution in [1.29, 1.82) is 0 Å². The zero-order chi connectivity index (χ0) is 33.7. The van der Waals surface area contributed by atoms with Crippen LogP contribution in [0.5, 0.6) is 0 Å². The number of aromatic nitrogens is 2. The Hall–Kier alpha value is -4.30. The minimum Gasteiger partial charge on any atom is -0.346 e. The van der Waals surface area contributed by atoms with Crippen molar-refractivity contribution in [1.82, 2.24) is 36.1 Å². The minimum atomic E-state index is -3.13. The van der Waals surface area contributed by atoms with Gasteiger partial charge < -0.3 is 26.2 Å². The molecular formula is C31H41F2N7O6. The van der Waals surface area contributed by atoms with Gasteiger partial charge in [0.2, 0.25) is 17.7 Å². The summed E-state index contributed by atoms with van der Waals surface area (Å²) in [5, 5.41) is 10.1. The monoisotopic (exact) mass is 645 g/mol. The Kier molecular flexibility index (Phi) is 11.2. The Morgan fingerprint density at radius 1 is 0.935 bits per heavy atom. The number of carbonyl (C=O) groups excluding carboxylic acids is 6. The first-order chi connectivity index (χ1) is 21.8. The summed E-state index contributed by atoms with van der Waals surface area (Å²) < 4.78 is 26.8. The second-order valence-electron chi connectivity index (χ2n) is 12.8. The van der Waals surface area contributed by atoms with Crippen LogP contribution in [0.3, 0.4) is 0 Å². The number of carbonyl (C=O) groups is 6. The molecular weight excluding hydrogens is 604 g/mol. The summed E-state index contributed by atoms with van der Waals surface area (Å²) in [4.78, 5) is 88.3. The summed E-state index contributed by atoms with van der Waals surface area (Å²) >= 11 is 0. The molecule has 3 fully saturated rings. The highest BCUT2D eigenvalue weighted by Gasteiger charge is 2.51. The summed E-state index contributed by atoms with van der Waals surface area (Å²) in [5.74, 6) is -6.20. The maximum Gasteiger partial charge on any atom is 0.294 e. The van der Waals surface area contributed by atoms with E-state index >= 15 is 0 Å². The van der Waals surface area contributed by atoms with Crippen molar-refractivity contribution in [3.05, 3.63) is 36.1 Å². The fraction of sp³-hybridized carbons (Fsp3) is 0.613. The standard InChI is InChI=1S/C31H41F2N7O6/c1-15(2)23(38-27(42)21-13-34-10-11-35-21)28(43)39-24(16(3)4)31(46)40-14-17-6-5-7-19(17)25(40)29(44)37-20(12-22(32)33)26(41)30(45)36-18-8-9-18/h10-13,15-19,22-25H,5-9,14H2,1-4H3,(H,36,45)(H,37,44)(H,38,42)(H,39,43)/t17?,19?,23-,24-,25-/m0/s1. The van der Waals surface area contributed by atoms with Gasteiger partial charge in [0.1, 0.15) is 23.8 Å². The summed E-state index contributed by atoms with van der Waals surface area (Å²) in [7, 11) is 0. The average Bonchev–Trinajstić information content (AvgIpc) is 3.57. The smallest absolute Gasteiger partial charge is 0.294 e. The van der Waals surface area contributed by atoms with Crippen LogP contribution in [0.1, 0.15) is 70.3 Å². The Morgan fingerprint density at radius 3 is 2.22 bits per heavy atom. The molecule has 0 aromatic carbocycles. The van der Waals surface area contributed by atoms with E-state index in [4.69, 9.17) is 0 Å². The first-order valence-corrected chi connectivity index (χ1v) is 15.6. The van der Waals surface area contributed by atoms with Crippen LogP contribution >= 0.6 is 0 Å². The van der Waals surface area contributed by atoms with E-state index in [1.54, 1.807) is 27.7 Å². The number of hydrogen-bond acceptors (Lipinski definition) is 8. The number of hydrogen-bond donors (Lipinski definition) is 4. The van der Waals surface area contributed by atoms with Crippen molar-refractivity contribution in [2.24, 2.45) is 23.7 Å². The SMILES string of the molecule is CC(C)[C@H](NC(=O)c1cnccn1)C(=O)N[C@H](C(=O)N1CC2CCCC2[C@H]1C(=O)NC(=CC(F)F)C(=O)C(=O)NC1CC1)C(C)C.